The summed E-state index contributed by atoms with van der Waals surface area (Å²) in [5, 5.41) is 5.70. The molecule has 4 nitrogen and oxygen atoms in total. The summed E-state index contributed by atoms with van der Waals surface area (Å²) in [6, 6.07) is 3.82. The van der Waals surface area contributed by atoms with Crippen molar-refractivity contribution in [2.75, 3.05) is 0 Å². The number of carbonyl (C=O) groups is 1. The van der Waals surface area contributed by atoms with E-state index in [0.717, 1.165) is 4.88 Å². The third kappa shape index (κ3) is 5.17. The molecule has 1 rings (SSSR count). The molecule has 1 aromatic rings. The highest BCUT2D eigenvalue weighted by atomic mass is 32.1. The highest BCUT2D eigenvalue weighted by molar-refractivity contribution is 7.11. The number of thiophene rings is 1. The van der Waals surface area contributed by atoms with E-state index >= 15 is 0 Å². The number of hydrogen-bond donors (Lipinski definition) is 1. The van der Waals surface area contributed by atoms with E-state index in [-0.39, 0.29) is 0 Å². The zero-order chi connectivity index (χ0) is 11.3. The van der Waals surface area contributed by atoms with E-state index in [1.54, 1.807) is 38.3 Å². The van der Waals surface area contributed by atoms with Gasteiger partial charge in [0.25, 0.3) is 0 Å². The Morgan fingerprint density at radius 1 is 1.60 bits per heavy atom. The predicted molar refractivity (Wildman–Crippen MR) is 61.3 cm³/mol. The van der Waals surface area contributed by atoms with Crippen LogP contribution in [0.15, 0.2) is 22.6 Å². The van der Waals surface area contributed by atoms with Gasteiger partial charge in [0.15, 0.2) is 0 Å². The molecule has 1 heterocycles. The molecule has 0 atom stereocenters. The summed E-state index contributed by atoms with van der Waals surface area (Å²) in [6.45, 7) is 5.40. The van der Waals surface area contributed by atoms with Crippen molar-refractivity contribution in [3.8, 4) is 0 Å². The maximum atomic E-state index is 11.1. The van der Waals surface area contributed by atoms with Crippen molar-refractivity contribution in [3.05, 3.63) is 22.4 Å². The van der Waals surface area contributed by atoms with Gasteiger partial charge in [-0.05, 0) is 32.2 Å². The van der Waals surface area contributed by atoms with Crippen LogP contribution in [0, 0.1) is 0 Å². The van der Waals surface area contributed by atoms with Gasteiger partial charge in [0.1, 0.15) is 5.60 Å². The summed E-state index contributed by atoms with van der Waals surface area (Å²) < 4.78 is 5.00. The Balaban J connectivity index is 2.35. The summed E-state index contributed by atoms with van der Waals surface area (Å²) in [7, 11) is 0. The average Bonchev–Trinajstić information content (AvgIpc) is 2.53. The van der Waals surface area contributed by atoms with Crippen LogP contribution >= 0.6 is 11.3 Å². The Hall–Kier alpha value is -1.36. The lowest BCUT2D eigenvalue weighted by molar-refractivity contribution is 0.0529. The van der Waals surface area contributed by atoms with Crippen molar-refractivity contribution in [1.82, 2.24) is 5.43 Å². The fourth-order valence-corrected chi connectivity index (χ4v) is 1.40. The van der Waals surface area contributed by atoms with Gasteiger partial charge in [0.2, 0.25) is 0 Å². The Bertz CT molecular complexity index is 339. The zero-order valence-electron chi connectivity index (χ0n) is 8.98. The summed E-state index contributed by atoms with van der Waals surface area (Å²) >= 11 is 1.55. The molecule has 0 bridgehead atoms. The van der Waals surface area contributed by atoms with Crippen LogP contribution in [0.1, 0.15) is 25.6 Å². The highest BCUT2D eigenvalue weighted by Crippen LogP contribution is 2.06. The van der Waals surface area contributed by atoms with Crippen LogP contribution < -0.4 is 5.43 Å². The third-order valence-corrected chi connectivity index (χ3v) is 2.10. The van der Waals surface area contributed by atoms with Crippen LogP contribution in [0.5, 0.6) is 0 Å². The normalized spacial score (nSPS) is 11.7. The molecule has 0 aliphatic heterocycles. The second-order valence-corrected chi connectivity index (χ2v) is 4.87. The lowest BCUT2D eigenvalue weighted by Crippen LogP contribution is -2.29. The van der Waals surface area contributed by atoms with Gasteiger partial charge in [-0.2, -0.15) is 5.10 Å². The molecule has 0 aromatic carbocycles. The van der Waals surface area contributed by atoms with E-state index in [4.69, 9.17) is 4.74 Å². The molecule has 5 heteroatoms. The molecule has 1 N–H and O–H groups in total. The molecule has 1 aromatic heterocycles. The van der Waals surface area contributed by atoms with Crippen LogP contribution in [0.25, 0.3) is 0 Å². The van der Waals surface area contributed by atoms with Gasteiger partial charge in [-0.15, -0.1) is 11.3 Å². The molecule has 1 amide bonds. The fraction of sp³-hybridized carbons (Fsp3) is 0.400. The molecule has 0 spiro atoms. The first-order valence-electron chi connectivity index (χ1n) is 4.53. The number of hydrogen-bond acceptors (Lipinski definition) is 4. The topological polar surface area (TPSA) is 50.7 Å². The molecule has 0 saturated carbocycles. The lowest BCUT2D eigenvalue weighted by atomic mass is 10.2. The largest absolute Gasteiger partial charge is 0.443 e. The fourth-order valence-electron chi connectivity index (χ4n) is 0.814. The summed E-state index contributed by atoms with van der Waals surface area (Å²) in [5.74, 6) is 0. The number of rotatable bonds is 2. The SMILES string of the molecule is CC(C)(C)OC(=O)N/N=C/c1cccs1. The number of carbonyl (C=O) groups excluding carboxylic acids is 1. The standard InChI is InChI=1S/C10H14N2O2S/c1-10(2,3)14-9(13)12-11-7-8-5-4-6-15-8/h4-7H,1-3H3,(H,12,13)/b11-7+. The molecule has 0 saturated heterocycles. The Morgan fingerprint density at radius 3 is 2.87 bits per heavy atom. The average molecular weight is 226 g/mol. The van der Waals surface area contributed by atoms with E-state index in [2.05, 4.69) is 10.5 Å². The smallest absolute Gasteiger partial charge is 0.428 e. The minimum absolute atomic E-state index is 0.497. The highest BCUT2D eigenvalue weighted by Gasteiger charge is 2.15. The molecule has 0 fully saturated rings. The molecular weight excluding hydrogens is 212 g/mol. The second kappa shape index (κ2) is 4.93. The first kappa shape index (κ1) is 11.7. The maximum Gasteiger partial charge on any atom is 0.428 e. The van der Waals surface area contributed by atoms with Crippen molar-refractivity contribution < 1.29 is 9.53 Å². The van der Waals surface area contributed by atoms with Gasteiger partial charge < -0.3 is 4.74 Å². The number of hydrazone groups is 1. The molecule has 82 valence electrons. The maximum absolute atomic E-state index is 11.1. The monoisotopic (exact) mass is 226 g/mol. The number of nitrogens with zero attached hydrogens (tertiary/aromatic N) is 1. The van der Waals surface area contributed by atoms with E-state index in [1.807, 2.05) is 17.5 Å². The van der Waals surface area contributed by atoms with Gasteiger partial charge in [-0.1, -0.05) is 6.07 Å². The zero-order valence-corrected chi connectivity index (χ0v) is 9.80. The van der Waals surface area contributed by atoms with E-state index in [0.29, 0.717) is 0 Å². The van der Waals surface area contributed by atoms with Crippen molar-refractivity contribution >= 4 is 23.6 Å². The Kier molecular flexibility index (Phi) is 3.85. The Labute approximate surface area is 93.0 Å². The first-order valence-corrected chi connectivity index (χ1v) is 5.41. The van der Waals surface area contributed by atoms with Crippen molar-refractivity contribution in [2.24, 2.45) is 5.10 Å². The predicted octanol–water partition coefficient (Wildman–Crippen LogP) is 2.61. The first-order chi connectivity index (χ1) is 6.97. The van der Waals surface area contributed by atoms with Crippen molar-refractivity contribution in [1.29, 1.82) is 0 Å². The number of ether oxygens (including phenoxy) is 1. The van der Waals surface area contributed by atoms with Gasteiger partial charge in [-0.3, -0.25) is 0 Å². The van der Waals surface area contributed by atoms with Gasteiger partial charge in [-0.25, -0.2) is 10.2 Å². The third-order valence-electron chi connectivity index (χ3n) is 1.29. The van der Waals surface area contributed by atoms with Crippen molar-refractivity contribution in [2.45, 2.75) is 26.4 Å². The van der Waals surface area contributed by atoms with E-state index in [1.165, 1.54) is 0 Å². The van der Waals surface area contributed by atoms with E-state index in [9.17, 15) is 4.79 Å². The Morgan fingerprint density at radius 2 is 2.33 bits per heavy atom. The van der Waals surface area contributed by atoms with Crippen LogP contribution in [0.4, 0.5) is 4.79 Å². The van der Waals surface area contributed by atoms with E-state index < -0.39 is 11.7 Å². The second-order valence-electron chi connectivity index (χ2n) is 3.89. The molecule has 0 aliphatic carbocycles. The van der Waals surface area contributed by atoms with Crippen LogP contribution in [-0.2, 0) is 4.74 Å². The van der Waals surface area contributed by atoms with Crippen LogP contribution in [0.3, 0.4) is 0 Å². The van der Waals surface area contributed by atoms with Crippen molar-refractivity contribution in [3.63, 3.8) is 0 Å². The number of nitrogens with one attached hydrogen (secondary N) is 1. The minimum atomic E-state index is -0.546. The summed E-state index contributed by atoms with van der Waals surface area (Å²) in [6.07, 6.45) is 1.03. The quantitative estimate of drug-likeness (QED) is 0.622. The minimum Gasteiger partial charge on any atom is -0.443 e. The molecular formula is C10H14N2O2S. The summed E-state index contributed by atoms with van der Waals surface area (Å²) in [4.78, 5) is 12.1. The molecule has 0 aliphatic rings. The number of amides is 1. The lowest BCUT2D eigenvalue weighted by Gasteiger charge is -2.18. The summed E-state index contributed by atoms with van der Waals surface area (Å²) in [5.41, 5.74) is 1.79. The van der Waals surface area contributed by atoms with Gasteiger partial charge in [0.05, 0.1) is 6.21 Å². The molecule has 0 unspecified atom stereocenters. The molecule has 15 heavy (non-hydrogen) atoms. The van der Waals surface area contributed by atoms with Gasteiger partial charge in [0, 0.05) is 4.88 Å². The van der Waals surface area contributed by atoms with Gasteiger partial charge >= 0.3 is 6.09 Å². The van der Waals surface area contributed by atoms with Crippen LogP contribution in [0.2, 0.25) is 0 Å². The van der Waals surface area contributed by atoms with Crippen LogP contribution in [-0.4, -0.2) is 17.9 Å². The molecule has 0 radical (unpaired) electrons.